The van der Waals surface area contributed by atoms with Crippen molar-refractivity contribution in [3.63, 3.8) is 0 Å². The minimum Gasteiger partial charge on any atom is -0.207 e. The van der Waals surface area contributed by atoms with E-state index in [0.717, 1.165) is 11.6 Å². The van der Waals surface area contributed by atoms with Gasteiger partial charge < -0.3 is 0 Å². The molecule has 2 aromatic rings. The second-order valence-electron chi connectivity index (χ2n) is 4.00. The third kappa shape index (κ3) is 3.44. The van der Waals surface area contributed by atoms with Crippen molar-refractivity contribution in [3.8, 4) is 0 Å². The first-order valence-corrected chi connectivity index (χ1v) is 6.20. The summed E-state index contributed by atoms with van der Waals surface area (Å²) in [5.74, 6) is -1.25. The summed E-state index contributed by atoms with van der Waals surface area (Å²) < 4.78 is 26.1. The maximum Gasteiger partial charge on any atom is 0.126 e. The normalized spacial score (nSPS) is 12.4. The van der Waals surface area contributed by atoms with E-state index in [1.165, 1.54) is 12.1 Å². The molecule has 0 aliphatic heterocycles. The van der Waals surface area contributed by atoms with Gasteiger partial charge in [0.15, 0.2) is 0 Å². The average molecular weight is 287 g/mol. The summed E-state index contributed by atoms with van der Waals surface area (Å²) in [6.07, 6.45) is 0.463. The van der Waals surface area contributed by atoms with Crippen molar-refractivity contribution in [3.05, 3.63) is 70.2 Å². The number of rotatable bonds is 3. The third-order valence-corrected chi connectivity index (χ3v) is 3.19. The van der Waals surface area contributed by atoms with Crippen LogP contribution in [-0.2, 0) is 6.42 Å². The molecule has 0 bridgehead atoms. The Labute approximate surface area is 114 Å². The number of benzene rings is 2. The molecule has 0 aliphatic carbocycles. The topological polar surface area (TPSA) is 0 Å². The van der Waals surface area contributed by atoms with Crippen molar-refractivity contribution in [1.82, 2.24) is 0 Å². The van der Waals surface area contributed by atoms with E-state index in [1.807, 2.05) is 12.1 Å². The van der Waals surface area contributed by atoms with Crippen molar-refractivity contribution in [2.24, 2.45) is 0 Å². The molecule has 0 nitrogen and oxygen atoms in total. The summed E-state index contributed by atoms with van der Waals surface area (Å²) in [6, 6.07) is 10.5. The van der Waals surface area contributed by atoms with Crippen LogP contribution in [0.3, 0.4) is 0 Å². The monoisotopic (exact) mass is 286 g/mol. The van der Waals surface area contributed by atoms with Gasteiger partial charge in [-0.05, 0) is 41.8 Å². The molecule has 4 heteroatoms. The smallest absolute Gasteiger partial charge is 0.126 e. The van der Waals surface area contributed by atoms with Gasteiger partial charge in [0.05, 0.1) is 5.38 Å². The number of hydrogen-bond acceptors (Lipinski definition) is 0. The first-order chi connectivity index (χ1) is 8.54. The van der Waals surface area contributed by atoms with E-state index in [2.05, 4.69) is 0 Å². The highest BCUT2D eigenvalue weighted by molar-refractivity contribution is 6.30. The van der Waals surface area contributed by atoms with Crippen molar-refractivity contribution in [1.29, 1.82) is 0 Å². The lowest BCUT2D eigenvalue weighted by atomic mass is 10.0. The Morgan fingerprint density at radius 2 is 1.67 bits per heavy atom. The predicted molar refractivity (Wildman–Crippen MR) is 70.1 cm³/mol. The molecule has 0 aromatic heterocycles. The van der Waals surface area contributed by atoms with Crippen molar-refractivity contribution in [2.45, 2.75) is 11.8 Å². The van der Waals surface area contributed by atoms with Gasteiger partial charge in [-0.3, -0.25) is 0 Å². The predicted octanol–water partition coefficient (Wildman–Crippen LogP) is 5.14. The minimum absolute atomic E-state index is 0.425. The lowest BCUT2D eigenvalue weighted by Crippen LogP contribution is -1.97. The summed E-state index contributed by atoms with van der Waals surface area (Å²) >= 11 is 12.0. The Kier molecular flexibility index (Phi) is 4.20. The van der Waals surface area contributed by atoms with Gasteiger partial charge in [0.25, 0.3) is 0 Å². The van der Waals surface area contributed by atoms with E-state index < -0.39 is 17.0 Å². The van der Waals surface area contributed by atoms with Gasteiger partial charge in [-0.25, -0.2) is 8.78 Å². The fraction of sp³-hybridized carbons (Fsp3) is 0.143. The fourth-order valence-electron chi connectivity index (χ4n) is 1.74. The van der Waals surface area contributed by atoms with E-state index in [9.17, 15) is 8.78 Å². The van der Waals surface area contributed by atoms with E-state index >= 15 is 0 Å². The quantitative estimate of drug-likeness (QED) is 0.685. The van der Waals surface area contributed by atoms with E-state index in [4.69, 9.17) is 23.2 Å². The molecule has 0 fully saturated rings. The Morgan fingerprint density at radius 1 is 1.00 bits per heavy atom. The van der Waals surface area contributed by atoms with Crippen LogP contribution in [0.15, 0.2) is 42.5 Å². The van der Waals surface area contributed by atoms with Gasteiger partial charge in [-0.1, -0.05) is 23.7 Å². The van der Waals surface area contributed by atoms with Crippen LogP contribution in [0.2, 0.25) is 5.02 Å². The molecule has 94 valence electrons. The summed E-state index contributed by atoms with van der Waals surface area (Å²) in [7, 11) is 0. The van der Waals surface area contributed by atoms with Gasteiger partial charge in [0.2, 0.25) is 0 Å². The van der Waals surface area contributed by atoms with Crippen molar-refractivity contribution < 1.29 is 8.78 Å². The highest BCUT2D eigenvalue weighted by Gasteiger charge is 2.11. The minimum atomic E-state index is -0.623. The number of hydrogen-bond donors (Lipinski definition) is 0. The zero-order valence-corrected chi connectivity index (χ0v) is 10.8. The van der Waals surface area contributed by atoms with Crippen LogP contribution in [0.25, 0.3) is 0 Å². The fourth-order valence-corrected chi connectivity index (χ4v) is 2.26. The Bertz CT molecular complexity index is 535. The molecule has 2 aromatic carbocycles. The molecule has 0 N–H and O–H groups in total. The van der Waals surface area contributed by atoms with Gasteiger partial charge in [-0.15, -0.1) is 11.6 Å². The average Bonchev–Trinajstić information content (AvgIpc) is 2.27. The van der Waals surface area contributed by atoms with Gasteiger partial charge in [0, 0.05) is 11.1 Å². The van der Waals surface area contributed by atoms with E-state index in [-0.39, 0.29) is 0 Å². The standard InChI is InChI=1S/C14H10Cl2F2/c15-11-3-1-2-9(4-11)5-14(16)10-6-12(17)8-13(18)7-10/h1-4,6-8,14H,5H2. The first-order valence-electron chi connectivity index (χ1n) is 5.39. The Morgan fingerprint density at radius 3 is 2.28 bits per heavy atom. The van der Waals surface area contributed by atoms with Gasteiger partial charge in [-0.2, -0.15) is 0 Å². The van der Waals surface area contributed by atoms with Crippen LogP contribution in [0.5, 0.6) is 0 Å². The maximum atomic E-state index is 13.1. The molecule has 18 heavy (non-hydrogen) atoms. The van der Waals surface area contributed by atoms with Crippen molar-refractivity contribution >= 4 is 23.2 Å². The molecule has 0 saturated carbocycles. The van der Waals surface area contributed by atoms with E-state index in [0.29, 0.717) is 17.0 Å². The molecule has 1 unspecified atom stereocenters. The second-order valence-corrected chi connectivity index (χ2v) is 4.97. The Hall–Kier alpha value is -1.12. The highest BCUT2D eigenvalue weighted by atomic mass is 35.5. The number of alkyl halides is 1. The van der Waals surface area contributed by atoms with Crippen LogP contribution in [-0.4, -0.2) is 0 Å². The summed E-state index contributed by atoms with van der Waals surface area (Å²) in [5.41, 5.74) is 1.35. The molecule has 0 amide bonds. The summed E-state index contributed by atoms with van der Waals surface area (Å²) in [6.45, 7) is 0. The molecule has 0 spiro atoms. The van der Waals surface area contributed by atoms with Gasteiger partial charge >= 0.3 is 0 Å². The van der Waals surface area contributed by atoms with Gasteiger partial charge in [0.1, 0.15) is 11.6 Å². The summed E-state index contributed by atoms with van der Waals surface area (Å²) in [4.78, 5) is 0. The third-order valence-electron chi connectivity index (χ3n) is 2.55. The molecular weight excluding hydrogens is 277 g/mol. The zero-order chi connectivity index (χ0) is 13.1. The highest BCUT2D eigenvalue weighted by Crippen LogP contribution is 2.27. The number of halogens is 4. The Balaban J connectivity index is 2.19. The van der Waals surface area contributed by atoms with Crippen LogP contribution in [0.4, 0.5) is 8.78 Å². The molecule has 1 atom stereocenters. The molecule has 0 radical (unpaired) electrons. The largest absolute Gasteiger partial charge is 0.207 e. The molecular formula is C14H10Cl2F2. The molecule has 2 rings (SSSR count). The SMILES string of the molecule is Fc1cc(F)cc(C(Cl)Cc2cccc(Cl)c2)c1. The zero-order valence-electron chi connectivity index (χ0n) is 9.34. The lowest BCUT2D eigenvalue weighted by Gasteiger charge is -2.10. The second kappa shape index (κ2) is 5.68. The lowest BCUT2D eigenvalue weighted by molar-refractivity contribution is 0.579. The maximum absolute atomic E-state index is 13.1. The van der Waals surface area contributed by atoms with Crippen LogP contribution in [0, 0.1) is 11.6 Å². The first kappa shape index (κ1) is 13.3. The molecule has 0 saturated heterocycles. The van der Waals surface area contributed by atoms with Crippen LogP contribution in [0.1, 0.15) is 16.5 Å². The van der Waals surface area contributed by atoms with E-state index in [1.54, 1.807) is 12.1 Å². The van der Waals surface area contributed by atoms with Crippen molar-refractivity contribution in [2.75, 3.05) is 0 Å². The molecule has 0 aliphatic rings. The molecule has 0 heterocycles. The van der Waals surface area contributed by atoms with Crippen LogP contribution < -0.4 is 0 Å². The van der Waals surface area contributed by atoms with Crippen LogP contribution >= 0.6 is 23.2 Å². The summed E-state index contributed by atoms with van der Waals surface area (Å²) in [5, 5.41) is 0.121.